The lowest BCUT2D eigenvalue weighted by molar-refractivity contribution is 0.0992. The molecule has 2 aromatic rings. The van der Waals surface area contributed by atoms with E-state index >= 15 is 0 Å². The highest BCUT2D eigenvalue weighted by atomic mass is 35.5. The molecule has 0 radical (unpaired) electrons. The van der Waals surface area contributed by atoms with Gasteiger partial charge in [-0.3, -0.25) is 4.79 Å². The molecule has 0 aromatic heterocycles. The van der Waals surface area contributed by atoms with Crippen LogP contribution in [-0.2, 0) is 19.3 Å². The lowest BCUT2D eigenvalue weighted by atomic mass is 9.94. The number of Topliss-reactive ketones (excluding diaryl/α,β-unsaturated/α-hetero) is 1. The monoisotopic (exact) mass is 286 g/mol. The SMILES string of the molecule is CCc1ccc(CC)c(C(=O)Cc2ccc(Cl)cc2)c1. The Morgan fingerprint density at radius 1 is 0.950 bits per heavy atom. The Hall–Kier alpha value is -1.60. The third kappa shape index (κ3) is 3.49. The average Bonchev–Trinajstić information content (AvgIpc) is 2.48. The minimum atomic E-state index is 0.180. The van der Waals surface area contributed by atoms with E-state index in [1.807, 2.05) is 30.3 Å². The molecule has 0 saturated heterocycles. The molecule has 0 unspecified atom stereocenters. The van der Waals surface area contributed by atoms with Gasteiger partial charge in [-0.15, -0.1) is 0 Å². The zero-order valence-corrected chi connectivity index (χ0v) is 12.7. The van der Waals surface area contributed by atoms with Crippen LogP contribution in [0.15, 0.2) is 42.5 Å². The van der Waals surface area contributed by atoms with E-state index in [0.29, 0.717) is 11.4 Å². The number of benzene rings is 2. The van der Waals surface area contributed by atoms with Crippen molar-refractivity contribution < 1.29 is 4.79 Å². The standard InChI is InChI=1S/C18H19ClO/c1-3-13-5-8-15(4-2)17(11-13)18(20)12-14-6-9-16(19)10-7-14/h5-11H,3-4,12H2,1-2H3. The van der Waals surface area contributed by atoms with Crippen molar-refractivity contribution in [2.24, 2.45) is 0 Å². The highest BCUT2D eigenvalue weighted by Crippen LogP contribution is 2.17. The first-order valence-corrected chi connectivity index (χ1v) is 7.41. The van der Waals surface area contributed by atoms with Crippen LogP contribution in [0.1, 0.15) is 40.9 Å². The van der Waals surface area contributed by atoms with Crippen molar-refractivity contribution in [1.82, 2.24) is 0 Å². The van der Waals surface area contributed by atoms with E-state index in [4.69, 9.17) is 11.6 Å². The molecule has 0 heterocycles. The first-order chi connectivity index (χ1) is 9.63. The third-order valence-corrected chi connectivity index (χ3v) is 3.79. The molecule has 0 fully saturated rings. The molecule has 0 amide bonds. The first-order valence-electron chi connectivity index (χ1n) is 7.03. The second-order valence-electron chi connectivity index (χ2n) is 4.93. The van der Waals surface area contributed by atoms with Crippen LogP contribution in [0.4, 0.5) is 0 Å². The van der Waals surface area contributed by atoms with Crippen molar-refractivity contribution in [3.63, 3.8) is 0 Å². The van der Waals surface area contributed by atoms with E-state index in [1.54, 1.807) is 0 Å². The predicted octanol–water partition coefficient (Wildman–Crippen LogP) is 4.89. The minimum Gasteiger partial charge on any atom is -0.294 e. The molecule has 2 heteroatoms. The lowest BCUT2D eigenvalue weighted by Crippen LogP contribution is -2.07. The minimum absolute atomic E-state index is 0.180. The summed E-state index contributed by atoms with van der Waals surface area (Å²) < 4.78 is 0. The molecule has 0 aliphatic rings. The predicted molar refractivity (Wildman–Crippen MR) is 84.7 cm³/mol. The van der Waals surface area contributed by atoms with Gasteiger partial charge in [0.1, 0.15) is 0 Å². The largest absolute Gasteiger partial charge is 0.294 e. The Kier molecular flexibility index (Phi) is 4.97. The first kappa shape index (κ1) is 14.8. The number of carbonyl (C=O) groups excluding carboxylic acids is 1. The van der Waals surface area contributed by atoms with Gasteiger partial charge in [-0.2, -0.15) is 0 Å². The highest BCUT2D eigenvalue weighted by molar-refractivity contribution is 6.30. The van der Waals surface area contributed by atoms with Gasteiger partial charge in [0.15, 0.2) is 5.78 Å². The van der Waals surface area contributed by atoms with Crippen LogP contribution >= 0.6 is 11.6 Å². The third-order valence-electron chi connectivity index (χ3n) is 3.54. The van der Waals surface area contributed by atoms with Gasteiger partial charge in [-0.05, 0) is 47.7 Å². The van der Waals surface area contributed by atoms with Gasteiger partial charge < -0.3 is 0 Å². The van der Waals surface area contributed by atoms with Crippen molar-refractivity contribution in [3.8, 4) is 0 Å². The second-order valence-corrected chi connectivity index (χ2v) is 5.36. The van der Waals surface area contributed by atoms with E-state index in [1.165, 1.54) is 5.56 Å². The van der Waals surface area contributed by atoms with Crippen LogP contribution in [-0.4, -0.2) is 5.78 Å². The Morgan fingerprint density at radius 3 is 2.20 bits per heavy atom. The quantitative estimate of drug-likeness (QED) is 0.715. The van der Waals surface area contributed by atoms with Gasteiger partial charge in [0.25, 0.3) is 0 Å². The number of carbonyl (C=O) groups is 1. The summed E-state index contributed by atoms with van der Waals surface area (Å²) in [5, 5.41) is 0.698. The maximum Gasteiger partial charge on any atom is 0.167 e. The van der Waals surface area contributed by atoms with E-state index < -0.39 is 0 Å². The number of ketones is 1. The molecule has 0 aliphatic carbocycles. The fourth-order valence-corrected chi connectivity index (χ4v) is 2.42. The van der Waals surface area contributed by atoms with E-state index in [-0.39, 0.29) is 5.78 Å². The molecule has 0 bridgehead atoms. The van der Waals surface area contributed by atoms with Gasteiger partial charge in [0.2, 0.25) is 0 Å². The van der Waals surface area contributed by atoms with E-state index in [2.05, 4.69) is 26.0 Å². The van der Waals surface area contributed by atoms with Gasteiger partial charge in [0.05, 0.1) is 0 Å². The summed E-state index contributed by atoms with van der Waals surface area (Å²) >= 11 is 5.87. The average molecular weight is 287 g/mol. The summed E-state index contributed by atoms with van der Waals surface area (Å²) in [7, 11) is 0. The summed E-state index contributed by atoms with van der Waals surface area (Å²) in [5.41, 5.74) is 4.20. The smallest absolute Gasteiger partial charge is 0.167 e. The normalized spacial score (nSPS) is 10.6. The molecule has 2 rings (SSSR count). The molecule has 20 heavy (non-hydrogen) atoms. The fraction of sp³-hybridized carbons (Fsp3) is 0.278. The van der Waals surface area contributed by atoms with Gasteiger partial charge in [-0.1, -0.05) is 49.7 Å². The van der Waals surface area contributed by atoms with Crippen LogP contribution in [0.25, 0.3) is 0 Å². The molecule has 0 spiro atoms. The van der Waals surface area contributed by atoms with Crippen molar-refractivity contribution in [3.05, 3.63) is 69.7 Å². The zero-order valence-electron chi connectivity index (χ0n) is 11.9. The molecule has 0 N–H and O–H groups in total. The number of halogens is 1. The molecule has 0 saturated carbocycles. The van der Waals surface area contributed by atoms with Gasteiger partial charge >= 0.3 is 0 Å². The van der Waals surface area contributed by atoms with Crippen molar-refractivity contribution in [1.29, 1.82) is 0 Å². The fourth-order valence-electron chi connectivity index (χ4n) is 2.29. The Balaban J connectivity index is 2.25. The van der Waals surface area contributed by atoms with Crippen molar-refractivity contribution in [2.45, 2.75) is 33.1 Å². The molecule has 0 aliphatic heterocycles. The molecular formula is C18H19ClO. The Morgan fingerprint density at radius 2 is 1.60 bits per heavy atom. The lowest BCUT2D eigenvalue weighted by Gasteiger charge is -2.09. The van der Waals surface area contributed by atoms with Crippen LogP contribution in [0.5, 0.6) is 0 Å². The second kappa shape index (κ2) is 6.71. The maximum atomic E-state index is 12.5. The van der Waals surface area contributed by atoms with Crippen molar-refractivity contribution >= 4 is 17.4 Å². The topological polar surface area (TPSA) is 17.1 Å². The maximum absolute atomic E-state index is 12.5. The molecular weight excluding hydrogens is 268 g/mol. The number of hydrogen-bond donors (Lipinski definition) is 0. The van der Waals surface area contributed by atoms with Gasteiger partial charge in [0, 0.05) is 17.0 Å². The van der Waals surface area contributed by atoms with Crippen molar-refractivity contribution in [2.75, 3.05) is 0 Å². The van der Waals surface area contributed by atoms with Crippen LogP contribution in [0.3, 0.4) is 0 Å². The number of aryl methyl sites for hydroxylation is 2. The van der Waals surface area contributed by atoms with E-state index in [9.17, 15) is 4.79 Å². The molecule has 1 nitrogen and oxygen atoms in total. The summed E-state index contributed by atoms with van der Waals surface area (Å²) in [6.07, 6.45) is 2.26. The van der Waals surface area contributed by atoms with E-state index in [0.717, 1.165) is 29.5 Å². The molecule has 104 valence electrons. The molecule has 2 aromatic carbocycles. The summed E-state index contributed by atoms with van der Waals surface area (Å²) in [6, 6.07) is 13.7. The number of rotatable bonds is 5. The van der Waals surface area contributed by atoms with Crippen LogP contribution < -0.4 is 0 Å². The van der Waals surface area contributed by atoms with Crippen LogP contribution in [0, 0.1) is 0 Å². The Bertz CT molecular complexity index is 599. The number of hydrogen-bond acceptors (Lipinski definition) is 1. The summed E-state index contributed by atoms with van der Waals surface area (Å²) in [5.74, 6) is 0.180. The van der Waals surface area contributed by atoms with Crippen LogP contribution in [0.2, 0.25) is 5.02 Å². The summed E-state index contributed by atoms with van der Waals surface area (Å²) in [6.45, 7) is 4.19. The van der Waals surface area contributed by atoms with Gasteiger partial charge in [-0.25, -0.2) is 0 Å². The highest BCUT2D eigenvalue weighted by Gasteiger charge is 2.12. The Labute approximate surface area is 125 Å². The molecule has 0 atom stereocenters. The zero-order chi connectivity index (χ0) is 14.5. The summed E-state index contributed by atoms with van der Waals surface area (Å²) in [4.78, 5) is 12.5.